The van der Waals surface area contributed by atoms with Crippen molar-refractivity contribution < 1.29 is 28.2 Å². The summed E-state index contributed by atoms with van der Waals surface area (Å²) in [5.41, 5.74) is 0.0716. The van der Waals surface area contributed by atoms with Crippen LogP contribution in [-0.4, -0.2) is 79.2 Å². The zero-order valence-electron chi connectivity index (χ0n) is 19.5. The van der Waals surface area contributed by atoms with E-state index >= 15 is 0 Å². The van der Waals surface area contributed by atoms with Crippen LogP contribution in [0, 0.1) is 0 Å². The van der Waals surface area contributed by atoms with Crippen LogP contribution in [0.1, 0.15) is 33.6 Å². The van der Waals surface area contributed by atoms with Crippen molar-refractivity contribution in [2.75, 3.05) is 24.6 Å². The van der Waals surface area contributed by atoms with Gasteiger partial charge in [-0.25, -0.2) is 14.3 Å². The van der Waals surface area contributed by atoms with E-state index in [0.717, 1.165) is 12.8 Å². The number of ether oxygens (including phenoxy) is 2. The number of amides is 1. The van der Waals surface area contributed by atoms with E-state index < -0.39 is 18.3 Å². The Kier molecular flexibility index (Phi) is 5.79. The number of rotatable bonds is 5. The van der Waals surface area contributed by atoms with Gasteiger partial charge < -0.3 is 19.5 Å². The van der Waals surface area contributed by atoms with Crippen molar-refractivity contribution in [1.82, 2.24) is 24.5 Å². The number of aliphatic hydroxyl groups is 1. The van der Waals surface area contributed by atoms with Gasteiger partial charge in [-0.15, -0.1) is 16.4 Å². The van der Waals surface area contributed by atoms with Gasteiger partial charge in [-0.1, -0.05) is 0 Å². The minimum atomic E-state index is -3.77. The van der Waals surface area contributed by atoms with Crippen LogP contribution in [0.4, 0.5) is 19.5 Å². The van der Waals surface area contributed by atoms with Crippen LogP contribution in [0.3, 0.4) is 0 Å². The van der Waals surface area contributed by atoms with Crippen LogP contribution >= 0.6 is 11.3 Å². The minimum absolute atomic E-state index is 0.0666. The van der Waals surface area contributed by atoms with Crippen LogP contribution < -0.4 is 9.64 Å². The third-order valence-corrected chi connectivity index (χ3v) is 6.70. The third kappa shape index (κ3) is 4.61. The summed E-state index contributed by atoms with van der Waals surface area (Å²) in [6.07, 6.45) is -0.806. The Balaban J connectivity index is 1.48. The molecule has 3 aromatic heterocycles. The highest BCUT2D eigenvalue weighted by Gasteiger charge is 2.45. The number of nitrogens with zero attached hydrogens (tertiary/aromatic N) is 6. The summed E-state index contributed by atoms with van der Waals surface area (Å²) in [6, 6.07) is 2.82. The van der Waals surface area contributed by atoms with E-state index in [1.807, 2.05) is 25.7 Å². The number of alkyl halides is 2. The van der Waals surface area contributed by atoms with Gasteiger partial charge in [0.15, 0.2) is 5.75 Å². The number of pyridine rings is 1. The Hall–Kier alpha value is -3.06. The quantitative estimate of drug-likeness (QED) is 0.559. The highest BCUT2D eigenvalue weighted by molar-refractivity contribution is 7.13. The molecule has 2 fully saturated rings. The first-order valence-electron chi connectivity index (χ1n) is 11.3. The predicted molar refractivity (Wildman–Crippen MR) is 124 cm³/mol. The Morgan fingerprint density at radius 2 is 1.94 bits per heavy atom. The Labute approximate surface area is 204 Å². The molecule has 5 heterocycles. The van der Waals surface area contributed by atoms with Gasteiger partial charge in [0, 0.05) is 24.7 Å². The first kappa shape index (κ1) is 23.7. The van der Waals surface area contributed by atoms with E-state index in [9.17, 15) is 13.6 Å². The number of halogens is 2. The fourth-order valence-corrected chi connectivity index (χ4v) is 5.17. The number of aliphatic hydroxyl groups excluding tert-OH is 1. The van der Waals surface area contributed by atoms with Crippen molar-refractivity contribution in [1.29, 1.82) is 0 Å². The number of thiazole rings is 1. The fourth-order valence-electron chi connectivity index (χ4n) is 4.53. The van der Waals surface area contributed by atoms with Gasteiger partial charge in [0.1, 0.15) is 22.9 Å². The van der Waals surface area contributed by atoms with Crippen LogP contribution in [0.25, 0.3) is 16.3 Å². The van der Waals surface area contributed by atoms with Gasteiger partial charge >= 0.3 is 12.2 Å². The molecule has 0 saturated carbocycles. The Morgan fingerprint density at radius 3 is 2.54 bits per heavy atom. The summed E-state index contributed by atoms with van der Waals surface area (Å²) in [5.74, 6) is 0.130. The molecule has 2 bridgehead atoms. The summed E-state index contributed by atoms with van der Waals surface area (Å²) < 4.78 is 39.5. The lowest BCUT2D eigenvalue weighted by Crippen LogP contribution is -2.57. The molecule has 0 radical (unpaired) electrons. The van der Waals surface area contributed by atoms with Crippen molar-refractivity contribution in [3.63, 3.8) is 0 Å². The molecule has 0 aliphatic carbocycles. The van der Waals surface area contributed by atoms with Crippen molar-refractivity contribution in [3.05, 3.63) is 23.7 Å². The molecule has 188 valence electrons. The second-order valence-electron chi connectivity index (χ2n) is 9.64. The van der Waals surface area contributed by atoms with E-state index in [0.29, 0.717) is 29.7 Å². The lowest BCUT2D eigenvalue weighted by atomic mass is 10.2. The number of fused-ring (bicyclic) bond motifs is 3. The Bertz CT molecular complexity index is 1210. The summed E-state index contributed by atoms with van der Waals surface area (Å²) in [6.45, 7) is 5.02. The van der Waals surface area contributed by atoms with Crippen LogP contribution in [-0.2, 0) is 4.74 Å². The molecular formula is C22H26F2N6O4S. The number of piperazine rings is 1. The zero-order chi connectivity index (χ0) is 25.0. The molecule has 2 atom stereocenters. The van der Waals surface area contributed by atoms with Gasteiger partial charge in [-0.05, 0) is 45.7 Å². The maximum atomic E-state index is 13.8. The highest BCUT2D eigenvalue weighted by atomic mass is 32.1. The van der Waals surface area contributed by atoms with Gasteiger partial charge in [0.05, 0.1) is 12.1 Å². The number of carbonyl (C=O) groups excluding carboxylic acids is 1. The van der Waals surface area contributed by atoms with E-state index in [4.69, 9.17) is 14.6 Å². The average molecular weight is 509 g/mol. The summed E-state index contributed by atoms with van der Waals surface area (Å²) >= 11 is 1.38. The van der Waals surface area contributed by atoms with Crippen molar-refractivity contribution in [3.8, 4) is 16.5 Å². The molecule has 2 saturated heterocycles. The molecular weight excluding hydrogens is 482 g/mol. The van der Waals surface area contributed by atoms with Gasteiger partial charge in [0.2, 0.25) is 11.6 Å². The van der Waals surface area contributed by atoms with Crippen LogP contribution in [0.15, 0.2) is 23.7 Å². The van der Waals surface area contributed by atoms with E-state index in [1.54, 1.807) is 22.5 Å². The molecule has 5 rings (SSSR count). The third-order valence-electron chi connectivity index (χ3n) is 5.90. The van der Waals surface area contributed by atoms with Crippen LogP contribution in [0.2, 0.25) is 0 Å². The molecule has 10 nitrogen and oxygen atoms in total. The topological polar surface area (TPSA) is 105 Å². The molecule has 2 unspecified atom stereocenters. The normalized spacial score (nSPS) is 20.5. The Morgan fingerprint density at radius 1 is 1.23 bits per heavy atom. The lowest BCUT2D eigenvalue weighted by molar-refractivity contribution is -0.200. The van der Waals surface area contributed by atoms with Crippen molar-refractivity contribution in [2.45, 2.75) is 57.4 Å². The van der Waals surface area contributed by atoms with E-state index in [-0.39, 0.29) is 29.6 Å². The van der Waals surface area contributed by atoms with E-state index in [2.05, 4.69) is 15.1 Å². The number of hydrogen-bond acceptors (Lipinski definition) is 9. The lowest BCUT2D eigenvalue weighted by Gasteiger charge is -2.40. The number of hydrogen-bond donors (Lipinski definition) is 1. The highest BCUT2D eigenvalue weighted by Crippen LogP contribution is 2.35. The second-order valence-corrected chi connectivity index (χ2v) is 10.5. The molecule has 3 aromatic rings. The fraction of sp³-hybridized carbons (Fsp3) is 0.545. The van der Waals surface area contributed by atoms with Gasteiger partial charge in [-0.3, -0.25) is 4.90 Å². The largest absolute Gasteiger partial charge is 0.444 e. The maximum absolute atomic E-state index is 13.8. The molecule has 0 spiro atoms. The standard InChI is InChI=1S/C22H26F2N6O4S/c1-21(2,3)34-20(32)29-13-4-5-14(29)11-28(10-13)19-26-17-16(33-22(23,24)12-31)7-6-15(30(17)27-19)18-25-8-9-35-18/h6-9,13-14,31H,4-5,10-12H2,1-3H3. The molecule has 2 aliphatic heterocycles. The molecule has 1 N–H and O–H groups in total. The first-order valence-corrected chi connectivity index (χ1v) is 12.2. The van der Waals surface area contributed by atoms with Crippen LogP contribution in [0.5, 0.6) is 5.75 Å². The summed E-state index contributed by atoms with van der Waals surface area (Å²) in [4.78, 5) is 25.4. The number of anilines is 1. The predicted octanol–water partition coefficient (Wildman–Crippen LogP) is 3.40. The summed E-state index contributed by atoms with van der Waals surface area (Å²) in [7, 11) is 0. The number of carbonyl (C=O) groups is 1. The summed E-state index contributed by atoms with van der Waals surface area (Å²) in [5, 5.41) is 16.0. The molecule has 2 aliphatic rings. The molecule has 35 heavy (non-hydrogen) atoms. The van der Waals surface area contributed by atoms with Gasteiger partial charge in [0.25, 0.3) is 0 Å². The minimum Gasteiger partial charge on any atom is -0.444 e. The van der Waals surface area contributed by atoms with Gasteiger partial charge in [-0.2, -0.15) is 13.8 Å². The maximum Gasteiger partial charge on any atom is 0.421 e. The molecule has 0 aromatic carbocycles. The SMILES string of the molecule is CC(C)(C)OC(=O)N1C2CCC1CN(c1nc3c(OC(F)(F)CO)ccc(-c4nccs4)n3n1)C2. The first-order chi connectivity index (χ1) is 16.5. The number of aromatic nitrogens is 4. The van der Waals surface area contributed by atoms with Crippen molar-refractivity contribution >= 4 is 29.0 Å². The molecule has 1 amide bonds. The smallest absolute Gasteiger partial charge is 0.421 e. The average Bonchev–Trinajstić information content (AvgIpc) is 3.51. The monoisotopic (exact) mass is 508 g/mol. The van der Waals surface area contributed by atoms with Crippen molar-refractivity contribution in [2.24, 2.45) is 0 Å². The second kappa shape index (κ2) is 8.55. The zero-order valence-corrected chi connectivity index (χ0v) is 20.3. The molecule has 13 heteroatoms. The van der Waals surface area contributed by atoms with E-state index in [1.165, 1.54) is 21.9 Å².